The van der Waals surface area contributed by atoms with Crippen molar-refractivity contribution in [3.63, 3.8) is 0 Å². The first-order chi connectivity index (χ1) is 8.65. The maximum Gasteiger partial charge on any atom is 0.161 e. The zero-order chi connectivity index (χ0) is 13.1. The van der Waals surface area contributed by atoms with Crippen molar-refractivity contribution in [3.05, 3.63) is 28.0 Å². The highest BCUT2D eigenvalue weighted by Gasteiger charge is 2.22. The van der Waals surface area contributed by atoms with E-state index in [1.165, 1.54) is 19.3 Å². The van der Waals surface area contributed by atoms with Crippen molar-refractivity contribution >= 4 is 21.6 Å². The van der Waals surface area contributed by atoms with E-state index in [4.69, 9.17) is 5.26 Å². The predicted octanol–water partition coefficient (Wildman–Crippen LogP) is 4.23. The van der Waals surface area contributed by atoms with Gasteiger partial charge in [0.15, 0.2) is 5.82 Å². The van der Waals surface area contributed by atoms with E-state index in [2.05, 4.69) is 15.9 Å². The molecule has 0 unspecified atom stereocenters. The Labute approximate surface area is 116 Å². The van der Waals surface area contributed by atoms with Crippen LogP contribution in [0.25, 0.3) is 0 Å². The molecule has 0 radical (unpaired) electrons. The zero-order valence-corrected chi connectivity index (χ0v) is 12.0. The summed E-state index contributed by atoms with van der Waals surface area (Å²) in [7, 11) is 1.94. The number of nitrogens with zero attached hydrogens (tertiary/aromatic N) is 2. The van der Waals surface area contributed by atoms with Crippen LogP contribution >= 0.6 is 15.9 Å². The van der Waals surface area contributed by atoms with Gasteiger partial charge >= 0.3 is 0 Å². The molecule has 1 aliphatic carbocycles. The lowest BCUT2D eigenvalue weighted by atomic mass is 9.94. The summed E-state index contributed by atoms with van der Waals surface area (Å²) in [4.78, 5) is 2.01. The lowest BCUT2D eigenvalue weighted by molar-refractivity contribution is 0.424. The molecular formula is C14H16BrFN2. The smallest absolute Gasteiger partial charge is 0.161 e. The number of nitriles is 1. The summed E-state index contributed by atoms with van der Waals surface area (Å²) in [6, 6.07) is 5.76. The van der Waals surface area contributed by atoms with Crippen LogP contribution < -0.4 is 4.90 Å². The second-order valence-corrected chi connectivity index (χ2v) is 5.57. The Balaban J connectivity index is 2.28. The van der Waals surface area contributed by atoms with Crippen molar-refractivity contribution in [1.82, 2.24) is 0 Å². The fourth-order valence-electron chi connectivity index (χ4n) is 2.56. The minimum Gasteiger partial charge on any atom is -0.369 e. The summed E-state index contributed by atoms with van der Waals surface area (Å²) in [5, 5.41) is 8.86. The molecule has 0 aliphatic heterocycles. The Hall–Kier alpha value is -1.08. The number of hydrogen-bond acceptors (Lipinski definition) is 2. The third-order valence-electron chi connectivity index (χ3n) is 3.68. The van der Waals surface area contributed by atoms with Gasteiger partial charge in [-0.2, -0.15) is 5.26 Å². The first-order valence-electron chi connectivity index (χ1n) is 6.26. The first kappa shape index (κ1) is 13.4. The van der Waals surface area contributed by atoms with E-state index in [1.807, 2.05) is 18.0 Å². The van der Waals surface area contributed by atoms with Crippen LogP contribution in [0.4, 0.5) is 10.1 Å². The third kappa shape index (κ3) is 2.51. The standard InChI is InChI=1S/C14H16BrFN2/c1-18(11-5-3-2-4-6-11)12-8-7-10(9-17)13(15)14(12)16/h7-8,11H,2-6H2,1H3. The SMILES string of the molecule is CN(c1ccc(C#N)c(Br)c1F)C1CCCCC1. The largest absolute Gasteiger partial charge is 0.369 e. The molecule has 4 heteroatoms. The second-order valence-electron chi connectivity index (χ2n) is 4.77. The minimum atomic E-state index is -0.331. The predicted molar refractivity (Wildman–Crippen MR) is 74.1 cm³/mol. The summed E-state index contributed by atoms with van der Waals surface area (Å²) in [6.07, 6.45) is 5.95. The van der Waals surface area contributed by atoms with Gasteiger partial charge in [0.2, 0.25) is 0 Å². The number of rotatable bonds is 2. The van der Waals surface area contributed by atoms with Gasteiger partial charge in [-0.25, -0.2) is 4.39 Å². The fourth-order valence-corrected chi connectivity index (χ4v) is 2.99. The normalized spacial score (nSPS) is 16.3. The molecule has 2 nitrogen and oxygen atoms in total. The lowest BCUT2D eigenvalue weighted by Gasteiger charge is -2.33. The third-order valence-corrected chi connectivity index (χ3v) is 4.46. The van der Waals surface area contributed by atoms with Crippen LogP contribution in [0.2, 0.25) is 0 Å². The van der Waals surface area contributed by atoms with Gasteiger partial charge in [0.05, 0.1) is 15.7 Å². The Morgan fingerprint density at radius 3 is 2.61 bits per heavy atom. The molecule has 0 atom stereocenters. The van der Waals surface area contributed by atoms with Gasteiger partial charge in [-0.05, 0) is 40.9 Å². The molecule has 96 valence electrons. The average molecular weight is 311 g/mol. The van der Waals surface area contributed by atoms with Gasteiger partial charge in [-0.15, -0.1) is 0 Å². The number of anilines is 1. The Morgan fingerprint density at radius 1 is 1.33 bits per heavy atom. The van der Waals surface area contributed by atoms with E-state index in [0.717, 1.165) is 12.8 Å². The van der Waals surface area contributed by atoms with Crippen molar-refractivity contribution in [3.8, 4) is 6.07 Å². The topological polar surface area (TPSA) is 27.0 Å². The van der Waals surface area contributed by atoms with Gasteiger partial charge in [0.1, 0.15) is 6.07 Å². The lowest BCUT2D eigenvalue weighted by Crippen LogP contribution is -2.34. The van der Waals surface area contributed by atoms with Gasteiger partial charge in [0, 0.05) is 13.1 Å². The highest BCUT2D eigenvalue weighted by Crippen LogP contribution is 2.32. The molecular weight excluding hydrogens is 295 g/mol. The van der Waals surface area contributed by atoms with Crippen LogP contribution in [0.15, 0.2) is 16.6 Å². The van der Waals surface area contributed by atoms with Crippen LogP contribution in [-0.4, -0.2) is 13.1 Å². The van der Waals surface area contributed by atoms with E-state index in [-0.39, 0.29) is 10.3 Å². The van der Waals surface area contributed by atoms with Gasteiger partial charge in [-0.3, -0.25) is 0 Å². The highest BCUT2D eigenvalue weighted by molar-refractivity contribution is 9.10. The summed E-state index contributed by atoms with van der Waals surface area (Å²) in [5.41, 5.74) is 0.918. The van der Waals surface area contributed by atoms with E-state index in [9.17, 15) is 4.39 Å². The Bertz CT molecular complexity index is 475. The van der Waals surface area contributed by atoms with Crippen LogP contribution in [-0.2, 0) is 0 Å². The van der Waals surface area contributed by atoms with Gasteiger partial charge in [-0.1, -0.05) is 19.3 Å². The van der Waals surface area contributed by atoms with E-state index >= 15 is 0 Å². The van der Waals surface area contributed by atoms with Crippen molar-refractivity contribution < 1.29 is 4.39 Å². The molecule has 1 saturated carbocycles. The molecule has 0 amide bonds. The number of hydrogen-bond donors (Lipinski definition) is 0. The van der Waals surface area contributed by atoms with Gasteiger partial charge in [0.25, 0.3) is 0 Å². The molecule has 0 N–H and O–H groups in total. The van der Waals surface area contributed by atoms with Crippen LogP contribution in [0.5, 0.6) is 0 Å². The minimum absolute atomic E-state index is 0.269. The van der Waals surface area contributed by atoms with Crippen LogP contribution in [0, 0.1) is 17.1 Å². The molecule has 0 spiro atoms. The molecule has 1 aliphatic rings. The first-order valence-corrected chi connectivity index (χ1v) is 7.05. The fraction of sp³-hybridized carbons (Fsp3) is 0.500. The molecule has 18 heavy (non-hydrogen) atoms. The molecule has 2 rings (SSSR count). The quantitative estimate of drug-likeness (QED) is 0.817. The Kier molecular flexibility index (Phi) is 4.23. The summed E-state index contributed by atoms with van der Waals surface area (Å²) in [5.74, 6) is -0.331. The molecule has 1 aromatic rings. The maximum absolute atomic E-state index is 14.2. The second kappa shape index (κ2) is 5.71. The molecule has 0 saturated heterocycles. The van der Waals surface area contributed by atoms with Crippen LogP contribution in [0.1, 0.15) is 37.7 Å². The number of halogens is 2. The summed E-state index contributed by atoms with van der Waals surface area (Å²) >= 11 is 3.16. The summed E-state index contributed by atoms with van der Waals surface area (Å²) in [6.45, 7) is 0. The monoisotopic (exact) mass is 310 g/mol. The maximum atomic E-state index is 14.2. The van der Waals surface area contributed by atoms with E-state index < -0.39 is 0 Å². The number of benzene rings is 1. The highest BCUT2D eigenvalue weighted by atomic mass is 79.9. The molecule has 0 aromatic heterocycles. The van der Waals surface area contributed by atoms with Crippen molar-refractivity contribution in [2.24, 2.45) is 0 Å². The van der Waals surface area contributed by atoms with Crippen molar-refractivity contribution in [2.75, 3.05) is 11.9 Å². The molecule has 0 bridgehead atoms. The summed E-state index contributed by atoms with van der Waals surface area (Å²) < 4.78 is 14.5. The van der Waals surface area contributed by atoms with Gasteiger partial charge < -0.3 is 4.90 Å². The molecule has 1 fully saturated rings. The van der Waals surface area contributed by atoms with E-state index in [0.29, 0.717) is 17.3 Å². The van der Waals surface area contributed by atoms with E-state index in [1.54, 1.807) is 12.1 Å². The molecule has 1 aromatic carbocycles. The van der Waals surface area contributed by atoms with Crippen molar-refractivity contribution in [1.29, 1.82) is 5.26 Å². The van der Waals surface area contributed by atoms with Crippen molar-refractivity contribution in [2.45, 2.75) is 38.1 Å². The Morgan fingerprint density at radius 2 is 2.00 bits per heavy atom. The van der Waals surface area contributed by atoms with Crippen LogP contribution in [0.3, 0.4) is 0 Å². The zero-order valence-electron chi connectivity index (χ0n) is 10.4. The molecule has 0 heterocycles. The average Bonchev–Trinajstić information content (AvgIpc) is 2.42.